The second kappa shape index (κ2) is 5.46. The van der Waals surface area contributed by atoms with Gasteiger partial charge in [-0.1, -0.05) is 6.08 Å². The Bertz CT molecular complexity index is 601. The van der Waals surface area contributed by atoms with Gasteiger partial charge in [0.15, 0.2) is 5.76 Å². The molecule has 5 heteroatoms. The van der Waals surface area contributed by atoms with E-state index in [-0.39, 0.29) is 5.76 Å². The number of oxazole rings is 1. The average molecular weight is 289 g/mol. The second-order valence-electron chi connectivity index (χ2n) is 6.53. The lowest BCUT2D eigenvalue weighted by molar-refractivity contribution is 0.0782. The molecule has 2 unspecified atom stereocenters. The van der Waals surface area contributed by atoms with Crippen LogP contribution in [0.25, 0.3) is 6.08 Å². The van der Waals surface area contributed by atoms with Crippen LogP contribution in [0.4, 0.5) is 0 Å². The molecule has 5 nitrogen and oxygen atoms in total. The summed E-state index contributed by atoms with van der Waals surface area (Å²) < 4.78 is 7.28. The van der Waals surface area contributed by atoms with Gasteiger partial charge < -0.3 is 9.73 Å². The van der Waals surface area contributed by atoms with Crippen LogP contribution in [0.2, 0.25) is 0 Å². The third kappa shape index (κ3) is 2.49. The fraction of sp³-hybridized carbons (Fsp3) is 0.688. The first-order valence-corrected chi connectivity index (χ1v) is 8.15. The number of rotatable bonds is 2. The molecule has 0 aromatic carbocycles. The largest absolute Gasteiger partial charge is 0.419 e. The maximum atomic E-state index is 12.1. The number of piperazine rings is 1. The molecular formula is C16H23N3O2. The number of allylic oxidation sites excluding steroid dienone is 1. The Kier molecular flexibility index (Phi) is 3.47. The first-order valence-electron chi connectivity index (χ1n) is 8.15. The van der Waals surface area contributed by atoms with Crippen LogP contribution in [0.5, 0.6) is 0 Å². The number of piperidine rings is 1. The molecule has 0 spiro atoms. The highest BCUT2D eigenvalue weighted by atomic mass is 16.4. The zero-order valence-corrected chi connectivity index (χ0v) is 12.4. The summed E-state index contributed by atoms with van der Waals surface area (Å²) in [6.45, 7) is 5.30. The first kappa shape index (κ1) is 13.3. The Morgan fingerprint density at radius 1 is 1.38 bits per heavy atom. The van der Waals surface area contributed by atoms with Crippen molar-refractivity contribution in [3.05, 3.63) is 28.1 Å². The van der Waals surface area contributed by atoms with E-state index in [2.05, 4.69) is 16.3 Å². The summed E-state index contributed by atoms with van der Waals surface area (Å²) in [5.41, 5.74) is 1.10. The number of nitrogens with one attached hydrogen (secondary N) is 1. The van der Waals surface area contributed by atoms with E-state index in [1.165, 1.54) is 12.8 Å². The zero-order chi connectivity index (χ0) is 14.2. The van der Waals surface area contributed by atoms with Gasteiger partial charge in [0.1, 0.15) is 0 Å². The maximum absolute atomic E-state index is 12.1. The highest BCUT2D eigenvalue weighted by Crippen LogP contribution is 2.26. The van der Waals surface area contributed by atoms with Gasteiger partial charge in [0, 0.05) is 38.8 Å². The van der Waals surface area contributed by atoms with Gasteiger partial charge in [-0.25, -0.2) is 4.79 Å². The highest BCUT2D eigenvalue weighted by molar-refractivity contribution is 5.48. The molecule has 0 amide bonds. The lowest BCUT2D eigenvalue weighted by Gasteiger charge is -2.42. The molecule has 0 saturated carbocycles. The van der Waals surface area contributed by atoms with Crippen molar-refractivity contribution in [2.24, 2.45) is 5.92 Å². The molecule has 2 fully saturated rings. The normalized spacial score (nSPS) is 29.1. The third-order valence-corrected chi connectivity index (χ3v) is 5.16. The van der Waals surface area contributed by atoms with Crippen LogP contribution in [-0.2, 0) is 13.0 Å². The van der Waals surface area contributed by atoms with Crippen molar-refractivity contribution in [3.63, 3.8) is 0 Å². The van der Waals surface area contributed by atoms with E-state index in [1.807, 2.05) is 10.6 Å². The van der Waals surface area contributed by atoms with Crippen LogP contribution in [0.1, 0.15) is 30.7 Å². The topological polar surface area (TPSA) is 50.4 Å². The van der Waals surface area contributed by atoms with Crippen molar-refractivity contribution in [3.8, 4) is 0 Å². The standard InChI is InChI=1S/C16H23N3O2/c20-16-19(14-3-1-2-4-15(14)21-16)11-12-5-6-13-9-17-7-8-18(13)10-12/h2,4,12-13,17H,1,3,5-11H2. The molecule has 2 atom stereocenters. The molecule has 1 aromatic heterocycles. The quantitative estimate of drug-likeness (QED) is 0.885. The number of aromatic nitrogens is 1. The molecule has 1 aliphatic carbocycles. The Morgan fingerprint density at radius 2 is 2.33 bits per heavy atom. The maximum Gasteiger partial charge on any atom is 0.419 e. The van der Waals surface area contributed by atoms with E-state index in [1.54, 1.807) is 0 Å². The van der Waals surface area contributed by atoms with Gasteiger partial charge in [-0.2, -0.15) is 0 Å². The van der Waals surface area contributed by atoms with Crippen LogP contribution >= 0.6 is 0 Å². The molecule has 1 N–H and O–H groups in total. The molecule has 2 saturated heterocycles. The molecule has 114 valence electrons. The summed E-state index contributed by atoms with van der Waals surface area (Å²) in [6.07, 6.45) is 8.43. The Balaban J connectivity index is 1.50. The van der Waals surface area contributed by atoms with Crippen molar-refractivity contribution >= 4 is 6.08 Å². The molecule has 0 radical (unpaired) electrons. The van der Waals surface area contributed by atoms with E-state index in [9.17, 15) is 4.79 Å². The Morgan fingerprint density at radius 3 is 3.29 bits per heavy atom. The van der Waals surface area contributed by atoms with Gasteiger partial charge >= 0.3 is 5.76 Å². The molecule has 3 aliphatic rings. The van der Waals surface area contributed by atoms with Crippen molar-refractivity contribution in [2.45, 2.75) is 38.3 Å². The van der Waals surface area contributed by atoms with E-state index >= 15 is 0 Å². The van der Waals surface area contributed by atoms with E-state index in [4.69, 9.17) is 4.42 Å². The van der Waals surface area contributed by atoms with Gasteiger partial charge in [0.2, 0.25) is 0 Å². The van der Waals surface area contributed by atoms with Gasteiger partial charge in [-0.05, 0) is 37.7 Å². The zero-order valence-electron chi connectivity index (χ0n) is 12.4. The first-order chi connectivity index (χ1) is 10.3. The number of hydrogen-bond acceptors (Lipinski definition) is 4. The minimum absolute atomic E-state index is 0.172. The minimum atomic E-state index is -0.172. The van der Waals surface area contributed by atoms with E-state index in [0.29, 0.717) is 12.0 Å². The average Bonchev–Trinajstić information content (AvgIpc) is 2.83. The minimum Gasteiger partial charge on any atom is -0.408 e. The number of nitrogens with zero attached hydrogens (tertiary/aromatic N) is 2. The monoisotopic (exact) mass is 289 g/mol. The lowest BCUT2D eigenvalue weighted by Crippen LogP contribution is -2.55. The predicted molar refractivity (Wildman–Crippen MR) is 81.3 cm³/mol. The summed E-state index contributed by atoms with van der Waals surface area (Å²) in [5, 5.41) is 3.47. The molecule has 0 bridgehead atoms. The van der Waals surface area contributed by atoms with Crippen molar-refractivity contribution in [1.82, 2.24) is 14.8 Å². The summed E-state index contributed by atoms with van der Waals surface area (Å²) in [6, 6.07) is 0.702. The number of fused-ring (bicyclic) bond motifs is 2. The smallest absolute Gasteiger partial charge is 0.408 e. The molecule has 21 heavy (non-hydrogen) atoms. The van der Waals surface area contributed by atoms with Gasteiger partial charge in [-0.3, -0.25) is 9.47 Å². The van der Waals surface area contributed by atoms with E-state index in [0.717, 1.165) is 57.0 Å². The number of hydrogen-bond donors (Lipinski definition) is 1. The van der Waals surface area contributed by atoms with Crippen LogP contribution in [0, 0.1) is 5.92 Å². The van der Waals surface area contributed by atoms with Crippen molar-refractivity contribution in [2.75, 3.05) is 26.2 Å². The van der Waals surface area contributed by atoms with Crippen LogP contribution < -0.4 is 11.1 Å². The van der Waals surface area contributed by atoms with Crippen LogP contribution in [0.3, 0.4) is 0 Å². The SMILES string of the molecule is O=c1oc2c(n1CC1CCC3CNCCN3C1)CCC=C2. The van der Waals surface area contributed by atoms with Gasteiger partial charge in [0.05, 0.1) is 5.69 Å². The summed E-state index contributed by atoms with van der Waals surface area (Å²) in [4.78, 5) is 14.7. The second-order valence-corrected chi connectivity index (χ2v) is 6.53. The van der Waals surface area contributed by atoms with Crippen LogP contribution in [-0.4, -0.2) is 41.7 Å². The summed E-state index contributed by atoms with van der Waals surface area (Å²) in [5.74, 6) is 1.18. The summed E-state index contributed by atoms with van der Waals surface area (Å²) >= 11 is 0. The Labute approximate surface area is 124 Å². The molecular weight excluding hydrogens is 266 g/mol. The highest BCUT2D eigenvalue weighted by Gasteiger charge is 2.31. The van der Waals surface area contributed by atoms with E-state index < -0.39 is 0 Å². The molecule has 3 heterocycles. The Hall–Kier alpha value is -1.33. The lowest BCUT2D eigenvalue weighted by atomic mass is 9.91. The molecule has 2 aliphatic heterocycles. The summed E-state index contributed by atoms with van der Waals surface area (Å²) in [7, 11) is 0. The van der Waals surface area contributed by atoms with Gasteiger partial charge in [0.25, 0.3) is 0 Å². The fourth-order valence-electron chi connectivity index (χ4n) is 4.02. The van der Waals surface area contributed by atoms with Crippen molar-refractivity contribution in [1.29, 1.82) is 0 Å². The van der Waals surface area contributed by atoms with Crippen molar-refractivity contribution < 1.29 is 4.42 Å². The molecule has 4 rings (SSSR count). The third-order valence-electron chi connectivity index (χ3n) is 5.16. The van der Waals surface area contributed by atoms with Gasteiger partial charge in [-0.15, -0.1) is 0 Å². The predicted octanol–water partition coefficient (Wildman–Crippen LogP) is 1.08. The fourth-order valence-corrected chi connectivity index (χ4v) is 4.02. The van der Waals surface area contributed by atoms with Crippen LogP contribution in [0.15, 0.2) is 15.3 Å². The molecule has 1 aromatic rings.